The summed E-state index contributed by atoms with van der Waals surface area (Å²) in [6.07, 6.45) is 41.7. The van der Waals surface area contributed by atoms with Crippen molar-refractivity contribution in [2.75, 3.05) is 6.61 Å². The van der Waals surface area contributed by atoms with Crippen LogP contribution in [0.4, 0.5) is 0 Å². The molecule has 0 aliphatic rings. The van der Waals surface area contributed by atoms with Crippen molar-refractivity contribution in [2.24, 2.45) is 0 Å². The first-order chi connectivity index (χ1) is 25.4. The fourth-order valence-electron chi connectivity index (χ4n) is 6.93. The second-order valence-electron chi connectivity index (χ2n) is 15.4. The summed E-state index contributed by atoms with van der Waals surface area (Å²) in [5.74, 6) is -0.391. The minimum atomic E-state index is -0.501. The van der Waals surface area contributed by atoms with Crippen LogP contribution in [0.3, 0.4) is 0 Å². The lowest BCUT2D eigenvalue weighted by Crippen LogP contribution is -2.48. The van der Waals surface area contributed by atoms with Crippen molar-refractivity contribution in [3.05, 3.63) is 53.4 Å². The van der Waals surface area contributed by atoms with Crippen LogP contribution in [0.5, 0.6) is 0 Å². The predicted molar refractivity (Wildman–Crippen MR) is 221 cm³/mol. The first kappa shape index (κ1) is 47.6. The van der Waals surface area contributed by atoms with Gasteiger partial charge in [0.15, 0.2) is 24.0 Å². The molecule has 0 N–H and O–H groups in total. The van der Waals surface area contributed by atoms with Crippen LogP contribution in [0.2, 0.25) is 0 Å². The normalized spacial score (nSPS) is 12.2. The molecule has 0 aliphatic carbocycles. The van der Waals surface area contributed by atoms with E-state index in [1.165, 1.54) is 121 Å². The van der Waals surface area contributed by atoms with Crippen LogP contribution in [0.25, 0.3) is 0 Å². The molecule has 1 atom stereocenters. The molecule has 1 heterocycles. The van der Waals surface area contributed by atoms with Crippen LogP contribution in [0, 0.1) is 20.8 Å². The Morgan fingerprint density at radius 1 is 0.538 bits per heavy atom. The zero-order valence-electron chi connectivity index (χ0n) is 34.8. The number of hydrogen-bond donors (Lipinski definition) is 0. The van der Waals surface area contributed by atoms with Gasteiger partial charge in [-0.15, -0.1) is 0 Å². The zero-order valence-corrected chi connectivity index (χ0v) is 34.8. The van der Waals surface area contributed by atoms with E-state index in [0.717, 1.165) is 62.8 Å². The number of esters is 2. The Labute approximate surface area is 321 Å². The molecule has 1 aromatic rings. The van der Waals surface area contributed by atoms with Crippen LogP contribution >= 0.6 is 0 Å². The van der Waals surface area contributed by atoms with Gasteiger partial charge >= 0.3 is 11.9 Å². The van der Waals surface area contributed by atoms with Gasteiger partial charge in [-0.3, -0.25) is 9.59 Å². The van der Waals surface area contributed by atoms with Gasteiger partial charge in [0.1, 0.15) is 6.61 Å². The quantitative estimate of drug-likeness (QED) is 0.0303. The van der Waals surface area contributed by atoms with Crippen molar-refractivity contribution in [3.8, 4) is 0 Å². The van der Waals surface area contributed by atoms with Crippen LogP contribution in [-0.2, 0) is 25.6 Å². The summed E-state index contributed by atoms with van der Waals surface area (Å²) in [6, 6.07) is 4.27. The molecule has 1 aromatic heterocycles. The van der Waals surface area contributed by atoms with E-state index < -0.39 is 6.10 Å². The number of ether oxygens (including phenoxy) is 2. The number of aromatic nitrogens is 1. The van der Waals surface area contributed by atoms with Gasteiger partial charge in [-0.25, -0.2) is 0 Å². The topological polar surface area (TPSA) is 56.5 Å². The summed E-state index contributed by atoms with van der Waals surface area (Å²) >= 11 is 0. The number of carbonyl (C=O) groups is 2. The summed E-state index contributed by atoms with van der Waals surface area (Å²) in [5.41, 5.74) is 3.42. The number of rotatable bonds is 35. The van der Waals surface area contributed by atoms with Crippen molar-refractivity contribution >= 4 is 11.9 Å². The Balaban J connectivity index is 2.29. The summed E-state index contributed by atoms with van der Waals surface area (Å²) in [6.45, 7) is 11.4. The number of allylic oxidation sites excluding steroid dienone is 4. The summed E-state index contributed by atoms with van der Waals surface area (Å²) < 4.78 is 13.8. The van der Waals surface area contributed by atoms with Crippen molar-refractivity contribution in [1.29, 1.82) is 0 Å². The van der Waals surface area contributed by atoms with Crippen molar-refractivity contribution in [3.63, 3.8) is 0 Å². The summed E-state index contributed by atoms with van der Waals surface area (Å²) in [7, 11) is 0. The fourth-order valence-corrected chi connectivity index (χ4v) is 6.93. The molecule has 5 nitrogen and oxygen atoms in total. The van der Waals surface area contributed by atoms with Gasteiger partial charge in [-0.1, -0.05) is 141 Å². The van der Waals surface area contributed by atoms with E-state index in [1.807, 2.05) is 0 Å². The Hall–Kier alpha value is -2.43. The van der Waals surface area contributed by atoms with Crippen molar-refractivity contribution < 1.29 is 23.6 Å². The SMILES string of the molecule is CCCCCCCCC=CCCCCCCCC(=O)OCC(C[n+]1c(C)cc(C)cc1C)OC(=O)CCCCCCCC=CCCCCCCCC. The molecule has 0 fully saturated rings. The standard InChI is InChI=1S/C47H82NO4/c1-6-8-10-12-14-16-18-20-22-24-26-28-30-32-34-36-46(49)51-41-45(40-48-43(4)38-42(3)39-44(48)5)52-47(50)37-35-33-31-29-27-25-23-21-19-17-15-13-11-9-7-2/h20-23,38-39,45H,6-19,24-37,40-41H2,1-5H3/q+1. The molecule has 1 rings (SSSR count). The monoisotopic (exact) mass is 725 g/mol. The Morgan fingerprint density at radius 2 is 0.904 bits per heavy atom. The summed E-state index contributed by atoms with van der Waals surface area (Å²) in [4.78, 5) is 25.5. The van der Waals surface area contributed by atoms with E-state index >= 15 is 0 Å². The van der Waals surface area contributed by atoms with Gasteiger partial charge in [0, 0.05) is 38.8 Å². The average Bonchev–Trinajstić information content (AvgIpc) is 3.11. The van der Waals surface area contributed by atoms with Crippen molar-refractivity contribution in [1.82, 2.24) is 0 Å². The minimum Gasteiger partial charge on any atom is -0.461 e. The number of carbonyl (C=O) groups excluding carboxylic acids is 2. The fraction of sp³-hybridized carbons (Fsp3) is 0.766. The second-order valence-corrected chi connectivity index (χ2v) is 15.4. The minimum absolute atomic E-state index is 0.0990. The van der Waals surface area contributed by atoms with Gasteiger partial charge < -0.3 is 9.47 Å². The number of nitrogens with zero attached hydrogens (tertiary/aromatic N) is 1. The lowest BCUT2D eigenvalue weighted by atomic mass is 10.1. The third kappa shape index (κ3) is 28.1. The summed E-state index contributed by atoms with van der Waals surface area (Å²) in [5, 5.41) is 0. The van der Waals surface area contributed by atoms with Crippen LogP contribution in [0.1, 0.15) is 211 Å². The van der Waals surface area contributed by atoms with Gasteiger partial charge in [0.2, 0.25) is 0 Å². The predicted octanol–water partition coefficient (Wildman–Crippen LogP) is 13.4. The highest BCUT2D eigenvalue weighted by Crippen LogP contribution is 2.13. The highest BCUT2D eigenvalue weighted by molar-refractivity contribution is 5.70. The maximum atomic E-state index is 12.9. The maximum Gasteiger partial charge on any atom is 0.306 e. The van der Waals surface area contributed by atoms with E-state index in [4.69, 9.17) is 9.47 Å². The zero-order chi connectivity index (χ0) is 37.9. The van der Waals surface area contributed by atoms with E-state index in [-0.39, 0.29) is 18.5 Å². The molecule has 52 heavy (non-hydrogen) atoms. The molecule has 0 amide bonds. The van der Waals surface area contributed by atoms with Crippen LogP contribution in [-0.4, -0.2) is 24.6 Å². The molecule has 0 saturated carbocycles. The highest BCUT2D eigenvalue weighted by atomic mass is 16.6. The molecule has 0 spiro atoms. The molecule has 0 bridgehead atoms. The van der Waals surface area contributed by atoms with Gasteiger partial charge in [0.05, 0.1) is 0 Å². The molecule has 1 unspecified atom stereocenters. The van der Waals surface area contributed by atoms with E-state index in [1.54, 1.807) is 0 Å². The van der Waals surface area contributed by atoms with E-state index in [2.05, 4.69) is 75.6 Å². The van der Waals surface area contributed by atoms with Crippen LogP contribution in [0.15, 0.2) is 36.4 Å². The first-order valence-corrected chi connectivity index (χ1v) is 22.0. The molecule has 298 valence electrons. The Morgan fingerprint density at radius 3 is 1.33 bits per heavy atom. The highest BCUT2D eigenvalue weighted by Gasteiger charge is 2.24. The van der Waals surface area contributed by atoms with Crippen molar-refractivity contribution in [2.45, 2.75) is 227 Å². The number of pyridine rings is 1. The largest absolute Gasteiger partial charge is 0.461 e. The van der Waals surface area contributed by atoms with Gasteiger partial charge in [-0.05, 0) is 76.7 Å². The molecular formula is C47H82NO4+. The van der Waals surface area contributed by atoms with Crippen LogP contribution < -0.4 is 4.57 Å². The first-order valence-electron chi connectivity index (χ1n) is 22.0. The smallest absolute Gasteiger partial charge is 0.306 e. The molecule has 5 heteroatoms. The molecule has 0 radical (unpaired) electrons. The van der Waals surface area contributed by atoms with E-state index in [0.29, 0.717) is 19.4 Å². The lowest BCUT2D eigenvalue weighted by molar-refractivity contribution is -0.714. The number of aryl methyl sites for hydroxylation is 3. The van der Waals surface area contributed by atoms with Gasteiger partial charge in [0.25, 0.3) is 0 Å². The Kier molecular flexibility index (Phi) is 31.4. The van der Waals surface area contributed by atoms with Gasteiger partial charge in [-0.2, -0.15) is 4.57 Å². The average molecular weight is 725 g/mol. The number of unbranched alkanes of at least 4 members (excludes halogenated alkanes) is 22. The molecule has 0 saturated heterocycles. The molecule has 0 aromatic carbocycles. The second kappa shape index (κ2) is 34.3. The molecule has 0 aliphatic heterocycles. The number of hydrogen-bond acceptors (Lipinski definition) is 4. The van der Waals surface area contributed by atoms with E-state index in [9.17, 15) is 9.59 Å². The lowest BCUT2D eigenvalue weighted by Gasteiger charge is -2.17. The molecular weight excluding hydrogens is 643 g/mol. The maximum absolute atomic E-state index is 12.9. The Bertz CT molecular complexity index is 1050. The third-order valence-corrected chi connectivity index (χ3v) is 10.1. The third-order valence-electron chi connectivity index (χ3n) is 10.1.